The highest BCUT2D eigenvalue weighted by Crippen LogP contribution is 2.29. The summed E-state index contributed by atoms with van der Waals surface area (Å²) in [6.45, 7) is 3.52. The predicted molar refractivity (Wildman–Crippen MR) is 121 cm³/mol. The van der Waals surface area contributed by atoms with Crippen LogP contribution in [0.15, 0.2) is 64.8 Å². The van der Waals surface area contributed by atoms with Crippen molar-refractivity contribution in [3.63, 3.8) is 0 Å². The normalized spacial score (nSPS) is 12.1. The summed E-state index contributed by atoms with van der Waals surface area (Å²) >= 11 is 1.01. The SMILES string of the molecule is CC(C)Oc1ccc(C(=O)C(Cc2ccco2)=C(C(=O)O)c2ccc3nsnc3c2)cc1F. The molecule has 2 aromatic carbocycles. The molecular weight excluding hydrogens is 447 g/mol. The van der Waals surface area contributed by atoms with Crippen LogP contribution in [0, 0.1) is 5.82 Å². The number of rotatable bonds is 8. The van der Waals surface area contributed by atoms with Gasteiger partial charge in [0, 0.05) is 17.6 Å². The molecule has 1 N–H and O–H groups in total. The Kier molecular flexibility index (Phi) is 6.32. The van der Waals surface area contributed by atoms with E-state index in [1.165, 1.54) is 18.4 Å². The predicted octanol–water partition coefficient (Wildman–Crippen LogP) is 5.17. The number of carboxylic acids is 1. The van der Waals surface area contributed by atoms with Gasteiger partial charge in [0.1, 0.15) is 16.8 Å². The molecule has 0 saturated heterocycles. The number of nitrogens with zero attached hydrogens (tertiary/aromatic N) is 2. The van der Waals surface area contributed by atoms with E-state index in [2.05, 4.69) is 8.75 Å². The van der Waals surface area contributed by atoms with Crippen LogP contribution >= 0.6 is 11.7 Å². The first-order chi connectivity index (χ1) is 15.8. The van der Waals surface area contributed by atoms with Crippen LogP contribution in [0.25, 0.3) is 16.6 Å². The minimum atomic E-state index is -1.30. The second-order valence-corrected chi connectivity index (χ2v) is 8.05. The van der Waals surface area contributed by atoms with Crippen molar-refractivity contribution in [2.24, 2.45) is 0 Å². The number of ketones is 1. The molecule has 2 heterocycles. The number of carboxylic acid groups (broad SMARTS) is 1. The third-order valence-corrected chi connectivity index (χ3v) is 5.38. The van der Waals surface area contributed by atoms with Gasteiger partial charge in [0.15, 0.2) is 17.3 Å². The summed E-state index contributed by atoms with van der Waals surface area (Å²) < 4.78 is 33.6. The number of furan rings is 1. The highest BCUT2D eigenvalue weighted by molar-refractivity contribution is 7.00. The number of carbonyl (C=O) groups is 2. The van der Waals surface area contributed by atoms with Crippen LogP contribution in [0.4, 0.5) is 4.39 Å². The summed E-state index contributed by atoms with van der Waals surface area (Å²) in [5.41, 5.74) is 1.17. The van der Waals surface area contributed by atoms with Crippen molar-refractivity contribution >= 4 is 40.1 Å². The molecule has 0 spiro atoms. The fraction of sp³-hybridized carbons (Fsp3) is 0.167. The van der Waals surface area contributed by atoms with Crippen LogP contribution in [0.2, 0.25) is 0 Å². The molecule has 0 saturated carbocycles. The summed E-state index contributed by atoms with van der Waals surface area (Å²) in [6, 6.07) is 11.9. The van der Waals surface area contributed by atoms with Crippen LogP contribution in [-0.4, -0.2) is 31.7 Å². The molecule has 0 unspecified atom stereocenters. The summed E-state index contributed by atoms with van der Waals surface area (Å²) in [4.78, 5) is 25.8. The zero-order valence-corrected chi connectivity index (χ0v) is 18.6. The number of Topliss-reactive ketones (excluding diaryl/α,β-unsaturated/α-hetero) is 1. The molecule has 7 nitrogen and oxygen atoms in total. The molecule has 0 aliphatic carbocycles. The second-order valence-electron chi connectivity index (χ2n) is 7.52. The second kappa shape index (κ2) is 9.33. The van der Waals surface area contributed by atoms with Gasteiger partial charge in [-0.3, -0.25) is 4.79 Å². The van der Waals surface area contributed by atoms with E-state index in [1.54, 1.807) is 44.2 Å². The Balaban J connectivity index is 1.85. The lowest BCUT2D eigenvalue weighted by molar-refractivity contribution is -0.130. The van der Waals surface area contributed by atoms with Crippen molar-refractivity contribution in [1.29, 1.82) is 0 Å². The van der Waals surface area contributed by atoms with Crippen LogP contribution in [0.3, 0.4) is 0 Å². The molecule has 0 aliphatic heterocycles. The molecule has 2 aromatic heterocycles. The van der Waals surface area contributed by atoms with Gasteiger partial charge in [-0.1, -0.05) is 6.07 Å². The van der Waals surface area contributed by atoms with Gasteiger partial charge >= 0.3 is 5.97 Å². The summed E-state index contributed by atoms with van der Waals surface area (Å²) in [6.07, 6.45) is 1.10. The summed E-state index contributed by atoms with van der Waals surface area (Å²) in [5, 5.41) is 10.1. The fourth-order valence-corrected chi connectivity index (χ4v) is 3.92. The lowest BCUT2D eigenvalue weighted by Gasteiger charge is -2.14. The Morgan fingerprint density at radius 1 is 1.09 bits per heavy atom. The third kappa shape index (κ3) is 4.83. The maximum Gasteiger partial charge on any atom is 0.336 e. The van der Waals surface area contributed by atoms with Crippen molar-refractivity contribution in [2.75, 3.05) is 0 Å². The Bertz CT molecular complexity index is 1360. The minimum absolute atomic E-state index is 0.000292. The highest BCUT2D eigenvalue weighted by atomic mass is 32.1. The molecule has 0 aliphatic rings. The number of hydrogen-bond donors (Lipinski definition) is 1. The molecule has 0 fully saturated rings. The Hall–Kier alpha value is -3.85. The molecular formula is C24H19FN2O5S. The maximum absolute atomic E-state index is 14.6. The van der Waals surface area contributed by atoms with E-state index in [9.17, 15) is 19.1 Å². The van der Waals surface area contributed by atoms with Gasteiger partial charge in [-0.25, -0.2) is 9.18 Å². The Morgan fingerprint density at radius 2 is 1.85 bits per heavy atom. The highest BCUT2D eigenvalue weighted by Gasteiger charge is 2.26. The molecule has 168 valence electrons. The fourth-order valence-electron chi connectivity index (χ4n) is 3.40. The van der Waals surface area contributed by atoms with Crippen LogP contribution in [0.1, 0.15) is 35.5 Å². The third-order valence-electron chi connectivity index (χ3n) is 4.82. The number of aromatic nitrogens is 2. The summed E-state index contributed by atoms with van der Waals surface area (Å²) in [5.74, 6) is -2.23. The quantitative estimate of drug-likeness (QED) is 0.282. The number of halogens is 1. The monoisotopic (exact) mass is 466 g/mol. The van der Waals surface area contributed by atoms with Gasteiger partial charge in [-0.15, -0.1) is 0 Å². The first-order valence-corrected chi connectivity index (χ1v) is 10.8. The number of allylic oxidation sites excluding steroid dienone is 1. The van der Waals surface area contributed by atoms with Gasteiger partial charge in [-0.2, -0.15) is 8.75 Å². The zero-order valence-electron chi connectivity index (χ0n) is 17.7. The topological polar surface area (TPSA) is 103 Å². The van der Waals surface area contributed by atoms with Gasteiger partial charge in [0.05, 0.1) is 29.7 Å². The molecule has 0 atom stereocenters. The van der Waals surface area contributed by atoms with E-state index in [-0.39, 0.29) is 40.5 Å². The number of fused-ring (bicyclic) bond motifs is 1. The van der Waals surface area contributed by atoms with Crippen LogP contribution in [-0.2, 0) is 11.2 Å². The molecule has 0 bridgehead atoms. The van der Waals surface area contributed by atoms with E-state index >= 15 is 0 Å². The summed E-state index contributed by atoms with van der Waals surface area (Å²) in [7, 11) is 0. The number of ether oxygens (including phenoxy) is 1. The van der Waals surface area contributed by atoms with Crippen molar-refractivity contribution < 1.29 is 28.2 Å². The van der Waals surface area contributed by atoms with Crippen molar-refractivity contribution in [1.82, 2.24) is 8.75 Å². The molecule has 0 amide bonds. The van der Waals surface area contributed by atoms with Gasteiger partial charge in [-0.05, 0) is 61.9 Å². The van der Waals surface area contributed by atoms with Gasteiger partial charge in [0.25, 0.3) is 0 Å². The van der Waals surface area contributed by atoms with E-state index in [0.717, 1.165) is 17.8 Å². The number of carbonyl (C=O) groups excluding carboxylic acids is 1. The van der Waals surface area contributed by atoms with E-state index in [1.807, 2.05) is 0 Å². The average molecular weight is 466 g/mol. The molecule has 4 rings (SSSR count). The molecule has 33 heavy (non-hydrogen) atoms. The first-order valence-electron chi connectivity index (χ1n) is 10.1. The lowest BCUT2D eigenvalue weighted by Crippen LogP contribution is -2.14. The number of hydrogen-bond acceptors (Lipinski definition) is 7. The minimum Gasteiger partial charge on any atom is -0.488 e. The Labute approximate surface area is 192 Å². The zero-order chi connectivity index (χ0) is 23.5. The lowest BCUT2D eigenvalue weighted by atomic mass is 9.90. The largest absolute Gasteiger partial charge is 0.488 e. The van der Waals surface area contributed by atoms with E-state index in [0.29, 0.717) is 16.8 Å². The van der Waals surface area contributed by atoms with Crippen LogP contribution in [0.5, 0.6) is 5.75 Å². The standard InChI is InChI=1S/C24H19FN2O5S/c1-13(2)32-21-8-6-15(10-18(21)25)23(28)17(12-16-4-3-9-31-16)22(24(29)30)14-5-7-19-20(11-14)27-33-26-19/h3-11,13H,12H2,1-2H3,(H,29,30). The number of benzene rings is 2. The average Bonchev–Trinajstić information content (AvgIpc) is 3.45. The van der Waals surface area contributed by atoms with Crippen molar-refractivity contribution in [3.05, 3.63) is 83.1 Å². The molecule has 4 aromatic rings. The van der Waals surface area contributed by atoms with Crippen molar-refractivity contribution in [2.45, 2.75) is 26.4 Å². The van der Waals surface area contributed by atoms with Gasteiger partial charge in [0.2, 0.25) is 0 Å². The molecule has 9 heteroatoms. The van der Waals surface area contributed by atoms with Crippen molar-refractivity contribution in [3.8, 4) is 5.75 Å². The smallest absolute Gasteiger partial charge is 0.336 e. The Morgan fingerprint density at radius 3 is 2.52 bits per heavy atom. The van der Waals surface area contributed by atoms with Gasteiger partial charge < -0.3 is 14.3 Å². The number of aliphatic carboxylic acids is 1. The van der Waals surface area contributed by atoms with E-state index in [4.69, 9.17) is 9.15 Å². The maximum atomic E-state index is 14.6. The van der Waals surface area contributed by atoms with Crippen LogP contribution < -0.4 is 4.74 Å². The molecule has 0 radical (unpaired) electrons. The van der Waals surface area contributed by atoms with E-state index < -0.39 is 17.6 Å². The first kappa shape index (κ1) is 22.3.